The van der Waals surface area contributed by atoms with E-state index in [1.165, 1.54) is 14.0 Å². The van der Waals surface area contributed by atoms with E-state index in [1.807, 2.05) is 0 Å². The Morgan fingerprint density at radius 3 is 2.37 bits per heavy atom. The molecule has 1 aliphatic carbocycles. The number of carbonyl (C=O) groups excluding carboxylic acids is 3. The van der Waals surface area contributed by atoms with Crippen LogP contribution in [0.2, 0.25) is 0 Å². The lowest BCUT2D eigenvalue weighted by Crippen LogP contribution is -2.48. The lowest BCUT2D eigenvalue weighted by atomic mass is 9.68. The smallest absolute Gasteiger partial charge is 0.179 e. The number of carbonyl (C=O) groups is 3. The maximum atomic E-state index is 12.4. The lowest BCUT2D eigenvalue weighted by molar-refractivity contribution is -0.146. The summed E-state index contributed by atoms with van der Waals surface area (Å²) in [6, 6.07) is 0. The van der Waals surface area contributed by atoms with E-state index in [0.29, 0.717) is 11.3 Å². The normalized spacial score (nSPS) is 24.4. The standard InChI is InChI=1S/C14H20O5/c1-7(6-15)10(16)9-11(17)8(2)13(19-5)14(3,4)12(9)18/h7,9,15H,6H2,1-5H3. The zero-order valence-corrected chi connectivity index (χ0v) is 11.9. The molecule has 0 aromatic carbocycles. The van der Waals surface area contributed by atoms with Gasteiger partial charge >= 0.3 is 0 Å². The van der Waals surface area contributed by atoms with E-state index in [4.69, 9.17) is 9.84 Å². The third-order valence-corrected chi connectivity index (χ3v) is 3.67. The third-order valence-electron chi connectivity index (χ3n) is 3.67. The molecule has 0 saturated heterocycles. The first-order chi connectivity index (χ1) is 8.69. The molecule has 0 saturated carbocycles. The Bertz CT molecular complexity index is 458. The molecule has 2 unspecified atom stereocenters. The second-order valence-corrected chi connectivity index (χ2v) is 5.43. The molecule has 1 rings (SSSR count). The van der Waals surface area contributed by atoms with Crippen molar-refractivity contribution in [2.45, 2.75) is 27.7 Å². The molecule has 106 valence electrons. The molecule has 1 aliphatic rings. The SMILES string of the molecule is COC1=C(C)C(=O)C(C(=O)C(C)CO)C(=O)C1(C)C. The number of hydrogen-bond acceptors (Lipinski definition) is 5. The van der Waals surface area contributed by atoms with Gasteiger partial charge in [0.15, 0.2) is 17.3 Å². The van der Waals surface area contributed by atoms with Crippen molar-refractivity contribution < 1.29 is 24.2 Å². The maximum absolute atomic E-state index is 12.4. The Kier molecular flexibility index (Phi) is 4.30. The fraction of sp³-hybridized carbons (Fsp3) is 0.643. The molecule has 1 N–H and O–H groups in total. The Hall–Kier alpha value is -1.49. The third kappa shape index (κ3) is 2.34. The van der Waals surface area contributed by atoms with Crippen LogP contribution in [0.25, 0.3) is 0 Å². The summed E-state index contributed by atoms with van der Waals surface area (Å²) in [5.74, 6) is -3.26. The molecule has 0 spiro atoms. The van der Waals surface area contributed by atoms with Gasteiger partial charge in [0, 0.05) is 11.5 Å². The first kappa shape index (κ1) is 15.6. The Morgan fingerprint density at radius 2 is 1.95 bits per heavy atom. The minimum Gasteiger partial charge on any atom is -0.500 e. The largest absolute Gasteiger partial charge is 0.500 e. The zero-order valence-electron chi connectivity index (χ0n) is 11.9. The highest BCUT2D eigenvalue weighted by molar-refractivity contribution is 6.27. The predicted octanol–water partition coefficient (Wildman–Crippen LogP) is 0.898. The van der Waals surface area contributed by atoms with Crippen LogP contribution in [-0.2, 0) is 19.1 Å². The van der Waals surface area contributed by atoms with Crippen molar-refractivity contribution >= 4 is 17.3 Å². The summed E-state index contributed by atoms with van der Waals surface area (Å²) < 4.78 is 5.15. The van der Waals surface area contributed by atoms with Crippen LogP contribution in [0, 0.1) is 17.3 Å². The fourth-order valence-electron chi connectivity index (χ4n) is 2.43. The number of rotatable bonds is 4. The van der Waals surface area contributed by atoms with Crippen LogP contribution in [0.1, 0.15) is 27.7 Å². The van der Waals surface area contributed by atoms with E-state index in [-0.39, 0.29) is 6.61 Å². The summed E-state index contributed by atoms with van der Waals surface area (Å²) in [6.45, 7) is 5.94. The molecule has 2 atom stereocenters. The lowest BCUT2D eigenvalue weighted by Gasteiger charge is -2.35. The van der Waals surface area contributed by atoms with Crippen molar-refractivity contribution in [3.8, 4) is 0 Å². The van der Waals surface area contributed by atoms with Crippen molar-refractivity contribution in [1.82, 2.24) is 0 Å². The van der Waals surface area contributed by atoms with Crippen LogP contribution in [0.4, 0.5) is 0 Å². The van der Waals surface area contributed by atoms with Crippen LogP contribution < -0.4 is 0 Å². The molecule has 0 radical (unpaired) electrons. The highest BCUT2D eigenvalue weighted by atomic mass is 16.5. The summed E-state index contributed by atoms with van der Waals surface area (Å²) >= 11 is 0. The number of aliphatic hydroxyl groups is 1. The number of methoxy groups -OCH3 is 1. The van der Waals surface area contributed by atoms with E-state index in [2.05, 4.69) is 0 Å². The van der Waals surface area contributed by atoms with E-state index in [1.54, 1.807) is 20.8 Å². The van der Waals surface area contributed by atoms with Gasteiger partial charge in [0.25, 0.3) is 0 Å². The van der Waals surface area contributed by atoms with E-state index >= 15 is 0 Å². The topological polar surface area (TPSA) is 80.7 Å². The molecule has 0 fully saturated rings. The van der Waals surface area contributed by atoms with Crippen LogP contribution in [0.5, 0.6) is 0 Å². The van der Waals surface area contributed by atoms with Crippen molar-refractivity contribution in [2.24, 2.45) is 17.3 Å². The van der Waals surface area contributed by atoms with Gasteiger partial charge < -0.3 is 9.84 Å². The maximum Gasteiger partial charge on any atom is 0.179 e. The first-order valence-corrected chi connectivity index (χ1v) is 6.18. The minimum atomic E-state index is -1.32. The monoisotopic (exact) mass is 268 g/mol. The molecule has 0 aliphatic heterocycles. The van der Waals surface area contributed by atoms with Crippen LogP contribution in [0.3, 0.4) is 0 Å². The van der Waals surface area contributed by atoms with Crippen molar-refractivity contribution in [2.75, 3.05) is 13.7 Å². The summed E-state index contributed by atoms with van der Waals surface area (Å²) in [5.41, 5.74) is -0.710. The molecular weight excluding hydrogens is 248 g/mol. The van der Waals surface area contributed by atoms with Crippen LogP contribution in [-0.4, -0.2) is 36.2 Å². The zero-order chi connectivity index (χ0) is 15.0. The van der Waals surface area contributed by atoms with Gasteiger partial charge in [0.05, 0.1) is 19.1 Å². The van der Waals surface area contributed by atoms with Gasteiger partial charge in [0.1, 0.15) is 11.7 Å². The Balaban J connectivity index is 3.33. The quantitative estimate of drug-likeness (QED) is 0.766. The predicted molar refractivity (Wildman–Crippen MR) is 68.3 cm³/mol. The molecular formula is C14H20O5. The molecule has 5 heteroatoms. The molecule has 19 heavy (non-hydrogen) atoms. The molecule has 0 aromatic heterocycles. The summed E-state index contributed by atoms with van der Waals surface area (Å²) in [6.07, 6.45) is 0. The first-order valence-electron chi connectivity index (χ1n) is 6.18. The van der Waals surface area contributed by atoms with Gasteiger partial charge in [-0.1, -0.05) is 6.92 Å². The highest BCUT2D eigenvalue weighted by Crippen LogP contribution is 2.39. The molecule has 0 amide bonds. The van der Waals surface area contributed by atoms with Crippen LogP contribution >= 0.6 is 0 Å². The van der Waals surface area contributed by atoms with Crippen molar-refractivity contribution in [1.29, 1.82) is 0 Å². The molecule has 0 bridgehead atoms. The highest BCUT2D eigenvalue weighted by Gasteiger charge is 2.51. The fourth-order valence-corrected chi connectivity index (χ4v) is 2.43. The molecule has 5 nitrogen and oxygen atoms in total. The molecule has 0 aromatic rings. The average molecular weight is 268 g/mol. The van der Waals surface area contributed by atoms with E-state index in [9.17, 15) is 14.4 Å². The van der Waals surface area contributed by atoms with Gasteiger partial charge in [-0.05, 0) is 20.8 Å². The number of hydrogen-bond donors (Lipinski definition) is 1. The second-order valence-electron chi connectivity index (χ2n) is 5.43. The summed E-state index contributed by atoms with van der Waals surface area (Å²) in [5, 5.41) is 9.02. The van der Waals surface area contributed by atoms with Gasteiger partial charge in [0.2, 0.25) is 0 Å². The van der Waals surface area contributed by atoms with Crippen LogP contribution in [0.15, 0.2) is 11.3 Å². The van der Waals surface area contributed by atoms with Gasteiger partial charge in [-0.3, -0.25) is 14.4 Å². The van der Waals surface area contributed by atoms with Crippen molar-refractivity contribution in [3.63, 3.8) is 0 Å². The Labute approximate surface area is 112 Å². The van der Waals surface area contributed by atoms with Gasteiger partial charge in [-0.2, -0.15) is 0 Å². The minimum absolute atomic E-state index is 0.301. The molecule has 0 heterocycles. The summed E-state index contributed by atoms with van der Waals surface area (Å²) in [7, 11) is 1.40. The Morgan fingerprint density at radius 1 is 1.42 bits per heavy atom. The van der Waals surface area contributed by atoms with Gasteiger partial charge in [-0.25, -0.2) is 0 Å². The second kappa shape index (κ2) is 5.25. The number of ketones is 3. The number of Topliss-reactive ketones (excluding diaryl/α,β-unsaturated/α-hetero) is 3. The van der Waals surface area contributed by atoms with E-state index < -0.39 is 34.6 Å². The number of ether oxygens (including phenoxy) is 1. The number of allylic oxidation sites excluding steroid dienone is 2. The van der Waals surface area contributed by atoms with E-state index in [0.717, 1.165) is 0 Å². The summed E-state index contributed by atoms with van der Waals surface area (Å²) in [4.78, 5) is 36.7. The number of aliphatic hydroxyl groups excluding tert-OH is 1. The van der Waals surface area contributed by atoms with Crippen molar-refractivity contribution in [3.05, 3.63) is 11.3 Å². The average Bonchev–Trinajstić information content (AvgIpc) is 2.36. The van der Waals surface area contributed by atoms with Gasteiger partial charge in [-0.15, -0.1) is 0 Å².